The lowest BCUT2D eigenvalue weighted by Crippen LogP contribution is -2.34. The van der Waals surface area contributed by atoms with Crippen molar-refractivity contribution in [2.75, 3.05) is 19.7 Å². The molecule has 1 saturated heterocycles. The Kier molecular flexibility index (Phi) is 5.52. The summed E-state index contributed by atoms with van der Waals surface area (Å²) in [4.78, 5) is 18.4. The lowest BCUT2D eigenvalue weighted by Gasteiger charge is -2.17. The number of hydrogen-bond donors (Lipinski definition) is 0. The van der Waals surface area contributed by atoms with E-state index in [9.17, 15) is 4.79 Å². The standard InChI is InChI=1S/C23H22N2O3/c26-23(25-15-13-21(16-25)28-22-8-4-5-14-24-22)17-27-20-11-9-19(10-12-20)18-6-2-1-3-7-18/h1-12,14,21H,13,15-17H2/t21-/m1/s1. The molecular weight excluding hydrogens is 352 g/mol. The first kappa shape index (κ1) is 18.0. The molecule has 1 aliphatic rings. The van der Waals surface area contributed by atoms with Crippen LogP contribution in [-0.2, 0) is 4.79 Å². The summed E-state index contributed by atoms with van der Waals surface area (Å²) in [5.74, 6) is 1.25. The van der Waals surface area contributed by atoms with E-state index in [1.165, 1.54) is 0 Å². The molecule has 142 valence electrons. The van der Waals surface area contributed by atoms with Gasteiger partial charge >= 0.3 is 0 Å². The number of amides is 1. The molecule has 0 radical (unpaired) electrons. The molecule has 1 aliphatic heterocycles. The predicted molar refractivity (Wildman–Crippen MR) is 107 cm³/mol. The zero-order valence-electron chi connectivity index (χ0n) is 15.5. The third-order valence-electron chi connectivity index (χ3n) is 4.75. The van der Waals surface area contributed by atoms with Gasteiger partial charge in [0.2, 0.25) is 5.88 Å². The maximum absolute atomic E-state index is 12.4. The Balaban J connectivity index is 1.26. The molecule has 5 heteroatoms. The molecule has 2 aromatic carbocycles. The fourth-order valence-electron chi connectivity index (χ4n) is 3.25. The van der Waals surface area contributed by atoms with Gasteiger partial charge in [-0.05, 0) is 29.3 Å². The van der Waals surface area contributed by atoms with Gasteiger partial charge in [-0.2, -0.15) is 0 Å². The van der Waals surface area contributed by atoms with Crippen molar-refractivity contribution < 1.29 is 14.3 Å². The number of rotatable bonds is 6. The third kappa shape index (κ3) is 4.49. The number of aromatic nitrogens is 1. The Morgan fingerprint density at radius 1 is 0.964 bits per heavy atom. The van der Waals surface area contributed by atoms with E-state index in [-0.39, 0.29) is 18.6 Å². The average Bonchev–Trinajstić information content (AvgIpc) is 3.22. The van der Waals surface area contributed by atoms with Gasteiger partial charge < -0.3 is 14.4 Å². The zero-order chi connectivity index (χ0) is 19.2. The lowest BCUT2D eigenvalue weighted by atomic mass is 10.1. The molecular formula is C23H22N2O3. The van der Waals surface area contributed by atoms with Crippen molar-refractivity contribution in [1.29, 1.82) is 0 Å². The maximum Gasteiger partial charge on any atom is 0.260 e. The number of hydrogen-bond acceptors (Lipinski definition) is 4. The Bertz CT molecular complexity index is 898. The highest BCUT2D eigenvalue weighted by Gasteiger charge is 2.28. The summed E-state index contributed by atoms with van der Waals surface area (Å²) >= 11 is 0. The van der Waals surface area contributed by atoms with Crippen LogP contribution in [0.1, 0.15) is 6.42 Å². The summed E-state index contributed by atoms with van der Waals surface area (Å²) in [5.41, 5.74) is 2.27. The van der Waals surface area contributed by atoms with Gasteiger partial charge in [0.05, 0.1) is 6.54 Å². The molecule has 0 saturated carbocycles. The average molecular weight is 374 g/mol. The van der Waals surface area contributed by atoms with Crippen molar-refractivity contribution in [3.8, 4) is 22.8 Å². The van der Waals surface area contributed by atoms with Gasteiger partial charge in [0.25, 0.3) is 5.91 Å². The molecule has 1 amide bonds. The van der Waals surface area contributed by atoms with E-state index in [2.05, 4.69) is 17.1 Å². The smallest absolute Gasteiger partial charge is 0.260 e. The topological polar surface area (TPSA) is 51.7 Å². The maximum atomic E-state index is 12.4. The highest BCUT2D eigenvalue weighted by atomic mass is 16.5. The largest absolute Gasteiger partial charge is 0.484 e. The van der Waals surface area contributed by atoms with Crippen LogP contribution in [0.25, 0.3) is 11.1 Å². The molecule has 0 aliphatic carbocycles. The van der Waals surface area contributed by atoms with E-state index < -0.39 is 0 Å². The molecule has 0 spiro atoms. The molecule has 1 aromatic heterocycles. The van der Waals surface area contributed by atoms with Crippen molar-refractivity contribution in [3.05, 3.63) is 79.0 Å². The minimum atomic E-state index is -0.0285. The van der Waals surface area contributed by atoms with Gasteiger partial charge in [-0.15, -0.1) is 0 Å². The molecule has 2 heterocycles. The summed E-state index contributed by atoms with van der Waals surface area (Å²) in [5, 5.41) is 0. The van der Waals surface area contributed by atoms with Crippen LogP contribution in [-0.4, -0.2) is 41.6 Å². The highest BCUT2D eigenvalue weighted by molar-refractivity contribution is 5.78. The zero-order valence-corrected chi connectivity index (χ0v) is 15.5. The highest BCUT2D eigenvalue weighted by Crippen LogP contribution is 2.22. The van der Waals surface area contributed by atoms with Crippen LogP contribution in [0, 0.1) is 0 Å². The van der Waals surface area contributed by atoms with Crippen LogP contribution in [0.3, 0.4) is 0 Å². The third-order valence-corrected chi connectivity index (χ3v) is 4.75. The Labute approximate surface area is 164 Å². The summed E-state index contributed by atoms with van der Waals surface area (Å²) in [6.45, 7) is 1.26. The fraction of sp³-hybridized carbons (Fsp3) is 0.217. The van der Waals surface area contributed by atoms with Gasteiger partial charge in [-0.1, -0.05) is 48.5 Å². The SMILES string of the molecule is O=C(COc1ccc(-c2ccccc2)cc1)N1CC[C@@H](Oc2ccccn2)C1. The number of benzene rings is 2. The van der Waals surface area contributed by atoms with E-state index >= 15 is 0 Å². The van der Waals surface area contributed by atoms with E-state index in [0.29, 0.717) is 24.7 Å². The van der Waals surface area contributed by atoms with E-state index in [4.69, 9.17) is 9.47 Å². The minimum absolute atomic E-state index is 0.0241. The van der Waals surface area contributed by atoms with E-state index in [1.807, 2.05) is 60.7 Å². The Hall–Kier alpha value is -3.34. The quantitative estimate of drug-likeness (QED) is 0.658. The van der Waals surface area contributed by atoms with Gasteiger partial charge in [-0.25, -0.2) is 4.98 Å². The molecule has 0 unspecified atom stereocenters. The molecule has 0 bridgehead atoms. The number of carbonyl (C=O) groups is 1. The van der Waals surface area contributed by atoms with Gasteiger partial charge in [0, 0.05) is 25.2 Å². The number of likely N-dealkylation sites (tertiary alicyclic amines) is 1. The molecule has 3 aromatic rings. The normalized spacial score (nSPS) is 16.0. The molecule has 5 nitrogen and oxygen atoms in total. The molecule has 28 heavy (non-hydrogen) atoms. The monoisotopic (exact) mass is 374 g/mol. The molecule has 1 fully saturated rings. The minimum Gasteiger partial charge on any atom is -0.484 e. The molecule has 1 atom stereocenters. The van der Waals surface area contributed by atoms with Gasteiger partial charge in [0.1, 0.15) is 11.9 Å². The summed E-state index contributed by atoms with van der Waals surface area (Å²) in [6.07, 6.45) is 2.47. The second-order valence-electron chi connectivity index (χ2n) is 6.72. The lowest BCUT2D eigenvalue weighted by molar-refractivity contribution is -0.132. The second kappa shape index (κ2) is 8.57. The van der Waals surface area contributed by atoms with Crippen LogP contribution < -0.4 is 9.47 Å². The van der Waals surface area contributed by atoms with Crippen molar-refractivity contribution in [3.63, 3.8) is 0 Å². The van der Waals surface area contributed by atoms with Crippen LogP contribution in [0.5, 0.6) is 11.6 Å². The second-order valence-corrected chi connectivity index (χ2v) is 6.72. The van der Waals surface area contributed by atoms with E-state index in [0.717, 1.165) is 17.5 Å². The van der Waals surface area contributed by atoms with Crippen molar-refractivity contribution in [2.45, 2.75) is 12.5 Å². The van der Waals surface area contributed by atoms with Crippen molar-refractivity contribution in [1.82, 2.24) is 9.88 Å². The van der Waals surface area contributed by atoms with Crippen molar-refractivity contribution in [2.24, 2.45) is 0 Å². The van der Waals surface area contributed by atoms with Crippen LogP contribution in [0.4, 0.5) is 0 Å². The first-order valence-corrected chi connectivity index (χ1v) is 9.42. The van der Waals surface area contributed by atoms with Gasteiger partial charge in [-0.3, -0.25) is 4.79 Å². The van der Waals surface area contributed by atoms with Gasteiger partial charge in [0.15, 0.2) is 6.61 Å². The van der Waals surface area contributed by atoms with E-state index in [1.54, 1.807) is 11.1 Å². The summed E-state index contributed by atoms with van der Waals surface area (Å²) in [6, 6.07) is 23.5. The number of ether oxygens (including phenoxy) is 2. The molecule has 0 N–H and O–H groups in total. The Morgan fingerprint density at radius 2 is 1.71 bits per heavy atom. The first-order chi connectivity index (χ1) is 13.8. The van der Waals surface area contributed by atoms with Crippen LogP contribution >= 0.6 is 0 Å². The molecule has 4 rings (SSSR count). The summed E-state index contributed by atoms with van der Waals surface area (Å²) < 4.78 is 11.5. The predicted octanol–water partition coefficient (Wildman–Crippen LogP) is 3.81. The number of carbonyl (C=O) groups excluding carboxylic acids is 1. The fourth-order valence-corrected chi connectivity index (χ4v) is 3.25. The number of nitrogens with zero attached hydrogens (tertiary/aromatic N) is 2. The Morgan fingerprint density at radius 3 is 2.46 bits per heavy atom. The first-order valence-electron chi connectivity index (χ1n) is 9.42. The number of pyridine rings is 1. The summed E-state index contributed by atoms with van der Waals surface area (Å²) in [7, 11) is 0. The van der Waals surface area contributed by atoms with Crippen molar-refractivity contribution >= 4 is 5.91 Å². The van der Waals surface area contributed by atoms with Crippen LogP contribution in [0.15, 0.2) is 79.0 Å². The van der Waals surface area contributed by atoms with Crippen LogP contribution in [0.2, 0.25) is 0 Å².